The van der Waals surface area contributed by atoms with Gasteiger partial charge in [0.25, 0.3) is 0 Å². The molecule has 0 bridgehead atoms. The first-order valence-corrected chi connectivity index (χ1v) is 6.03. The molecule has 0 heterocycles. The van der Waals surface area contributed by atoms with Gasteiger partial charge in [-0.25, -0.2) is 0 Å². The first-order chi connectivity index (χ1) is 8.19. The van der Waals surface area contributed by atoms with Crippen LogP contribution in [0.3, 0.4) is 0 Å². The van der Waals surface area contributed by atoms with Crippen LogP contribution in [0.2, 0.25) is 0 Å². The van der Waals surface area contributed by atoms with Crippen LogP contribution in [0.4, 0.5) is 0 Å². The molecule has 0 N–H and O–H groups in total. The highest BCUT2D eigenvalue weighted by atomic mass is 16.5. The number of para-hydroxylation sites is 1. The maximum Gasteiger partial charge on any atom is 0.180 e. The molecule has 0 amide bonds. The van der Waals surface area contributed by atoms with Gasteiger partial charge in [0.2, 0.25) is 0 Å². The van der Waals surface area contributed by atoms with Crippen molar-refractivity contribution in [1.82, 2.24) is 4.90 Å². The van der Waals surface area contributed by atoms with E-state index in [0.29, 0.717) is 17.9 Å². The third kappa shape index (κ3) is 4.19. The van der Waals surface area contributed by atoms with Crippen LogP contribution in [0.5, 0.6) is 5.75 Å². The van der Waals surface area contributed by atoms with Gasteiger partial charge in [0.05, 0.1) is 19.2 Å². The summed E-state index contributed by atoms with van der Waals surface area (Å²) in [7, 11) is 3.57. The van der Waals surface area contributed by atoms with E-state index in [-0.39, 0.29) is 5.78 Å². The highest BCUT2D eigenvalue weighted by Gasteiger charge is 2.13. The molecule has 0 spiro atoms. The van der Waals surface area contributed by atoms with E-state index in [1.54, 1.807) is 7.11 Å². The molecule has 0 aliphatic heterocycles. The van der Waals surface area contributed by atoms with Crippen LogP contribution < -0.4 is 4.74 Å². The van der Waals surface area contributed by atoms with Crippen LogP contribution in [-0.4, -0.2) is 37.9 Å². The molecule has 0 aliphatic rings. The van der Waals surface area contributed by atoms with Crippen molar-refractivity contribution in [2.45, 2.75) is 19.8 Å². The summed E-state index contributed by atoms with van der Waals surface area (Å²) in [5.41, 5.74) is 0.665. The van der Waals surface area contributed by atoms with Crippen molar-refractivity contribution in [1.29, 1.82) is 0 Å². The smallest absolute Gasteiger partial charge is 0.180 e. The zero-order valence-electron chi connectivity index (χ0n) is 10.9. The molecule has 1 aromatic carbocycles. The van der Waals surface area contributed by atoms with Crippen molar-refractivity contribution in [3.8, 4) is 5.75 Å². The summed E-state index contributed by atoms with van der Waals surface area (Å²) in [6.45, 7) is 3.55. The Morgan fingerprint density at radius 2 is 2.06 bits per heavy atom. The fourth-order valence-electron chi connectivity index (χ4n) is 1.71. The fraction of sp³-hybridized carbons (Fsp3) is 0.500. The molecule has 0 atom stereocenters. The van der Waals surface area contributed by atoms with Crippen LogP contribution in [0.1, 0.15) is 30.1 Å². The number of likely N-dealkylation sites (N-methyl/N-ethyl adjacent to an activating group) is 1. The number of ketones is 1. The summed E-state index contributed by atoms with van der Waals surface area (Å²) in [5, 5.41) is 0. The second kappa shape index (κ2) is 7.07. The Kier molecular flexibility index (Phi) is 5.70. The number of carbonyl (C=O) groups is 1. The zero-order valence-corrected chi connectivity index (χ0v) is 10.9. The Hall–Kier alpha value is -1.35. The molecule has 3 heteroatoms. The van der Waals surface area contributed by atoms with Gasteiger partial charge in [0, 0.05) is 0 Å². The van der Waals surface area contributed by atoms with Crippen LogP contribution in [0, 0.1) is 0 Å². The molecule has 1 aromatic rings. The van der Waals surface area contributed by atoms with E-state index >= 15 is 0 Å². The lowest BCUT2D eigenvalue weighted by atomic mass is 10.1. The molecule has 0 saturated carbocycles. The van der Waals surface area contributed by atoms with Crippen LogP contribution >= 0.6 is 0 Å². The zero-order chi connectivity index (χ0) is 12.7. The quantitative estimate of drug-likeness (QED) is 0.680. The van der Waals surface area contributed by atoms with Gasteiger partial charge in [-0.1, -0.05) is 25.5 Å². The highest BCUT2D eigenvalue weighted by Crippen LogP contribution is 2.17. The summed E-state index contributed by atoms with van der Waals surface area (Å²) < 4.78 is 5.19. The minimum absolute atomic E-state index is 0.112. The predicted octanol–water partition coefficient (Wildman–Crippen LogP) is 2.61. The average molecular weight is 235 g/mol. The first kappa shape index (κ1) is 13.7. The van der Waals surface area contributed by atoms with Crippen molar-refractivity contribution in [2.75, 3.05) is 27.2 Å². The number of unbranched alkanes of at least 4 members (excludes halogenated alkanes) is 1. The van der Waals surface area contributed by atoms with Crippen molar-refractivity contribution in [3.63, 3.8) is 0 Å². The molecule has 0 radical (unpaired) electrons. The molecule has 0 saturated heterocycles. The van der Waals surface area contributed by atoms with Crippen molar-refractivity contribution in [3.05, 3.63) is 29.8 Å². The van der Waals surface area contributed by atoms with Gasteiger partial charge >= 0.3 is 0 Å². The molecular formula is C14H21NO2. The summed E-state index contributed by atoms with van der Waals surface area (Å²) in [6.07, 6.45) is 2.27. The summed E-state index contributed by atoms with van der Waals surface area (Å²) >= 11 is 0. The molecule has 0 fully saturated rings. The average Bonchev–Trinajstić information content (AvgIpc) is 2.36. The number of nitrogens with zero attached hydrogens (tertiary/aromatic N) is 1. The van der Waals surface area contributed by atoms with Gasteiger partial charge in [0.1, 0.15) is 5.75 Å². The Morgan fingerprint density at radius 1 is 1.35 bits per heavy atom. The van der Waals surface area contributed by atoms with Gasteiger partial charge in [-0.05, 0) is 32.1 Å². The van der Waals surface area contributed by atoms with Crippen molar-refractivity contribution >= 4 is 5.78 Å². The van der Waals surface area contributed by atoms with Gasteiger partial charge < -0.3 is 4.74 Å². The predicted molar refractivity (Wildman–Crippen MR) is 69.7 cm³/mol. The van der Waals surface area contributed by atoms with E-state index in [1.165, 1.54) is 0 Å². The fourth-order valence-corrected chi connectivity index (χ4v) is 1.71. The maximum atomic E-state index is 12.1. The number of hydrogen-bond acceptors (Lipinski definition) is 3. The molecule has 0 aliphatic carbocycles. The number of benzene rings is 1. The molecular weight excluding hydrogens is 214 g/mol. The maximum absolute atomic E-state index is 12.1. The molecule has 94 valence electrons. The number of rotatable bonds is 7. The number of carbonyl (C=O) groups excluding carboxylic acids is 1. The normalized spacial score (nSPS) is 10.6. The van der Waals surface area contributed by atoms with Crippen LogP contribution in [-0.2, 0) is 0 Å². The third-order valence-electron chi connectivity index (χ3n) is 2.71. The topological polar surface area (TPSA) is 29.5 Å². The molecule has 1 rings (SSSR count). The second-order valence-corrected chi connectivity index (χ2v) is 4.21. The van der Waals surface area contributed by atoms with Crippen LogP contribution in [0.25, 0.3) is 0 Å². The van der Waals surface area contributed by atoms with Gasteiger partial charge in [-0.3, -0.25) is 9.69 Å². The van der Waals surface area contributed by atoms with E-state index in [1.807, 2.05) is 31.3 Å². The van der Waals surface area contributed by atoms with E-state index in [2.05, 4.69) is 11.8 Å². The Balaban J connectivity index is 2.63. The molecule has 3 nitrogen and oxygen atoms in total. The summed E-state index contributed by atoms with van der Waals surface area (Å²) in [4.78, 5) is 14.1. The SMILES string of the molecule is CCCCN(C)CC(=O)c1ccccc1OC. The summed E-state index contributed by atoms with van der Waals surface area (Å²) in [6, 6.07) is 7.37. The van der Waals surface area contributed by atoms with Crippen LogP contribution in [0.15, 0.2) is 24.3 Å². The third-order valence-corrected chi connectivity index (χ3v) is 2.71. The minimum atomic E-state index is 0.112. The van der Waals surface area contributed by atoms with Gasteiger partial charge in [-0.15, -0.1) is 0 Å². The second-order valence-electron chi connectivity index (χ2n) is 4.21. The lowest BCUT2D eigenvalue weighted by Crippen LogP contribution is -2.27. The Morgan fingerprint density at radius 3 is 2.71 bits per heavy atom. The van der Waals surface area contributed by atoms with Crippen molar-refractivity contribution < 1.29 is 9.53 Å². The number of Topliss-reactive ketones (excluding diaryl/α,β-unsaturated/α-hetero) is 1. The van der Waals surface area contributed by atoms with E-state index < -0.39 is 0 Å². The lowest BCUT2D eigenvalue weighted by molar-refractivity contribution is 0.0942. The molecule has 17 heavy (non-hydrogen) atoms. The first-order valence-electron chi connectivity index (χ1n) is 6.03. The largest absolute Gasteiger partial charge is 0.496 e. The van der Waals surface area contributed by atoms with E-state index in [9.17, 15) is 4.79 Å². The van der Waals surface area contributed by atoms with Gasteiger partial charge in [-0.2, -0.15) is 0 Å². The standard InChI is InChI=1S/C14H21NO2/c1-4-5-10-15(2)11-13(16)12-8-6-7-9-14(12)17-3/h6-9H,4-5,10-11H2,1-3H3. The highest BCUT2D eigenvalue weighted by molar-refractivity contribution is 6.00. The lowest BCUT2D eigenvalue weighted by Gasteiger charge is -2.16. The summed E-state index contributed by atoms with van der Waals surface area (Å²) in [5.74, 6) is 0.766. The van der Waals surface area contributed by atoms with E-state index in [4.69, 9.17) is 4.74 Å². The minimum Gasteiger partial charge on any atom is -0.496 e. The molecule has 0 unspecified atom stereocenters. The number of ether oxygens (including phenoxy) is 1. The Labute approximate surface area is 103 Å². The van der Waals surface area contributed by atoms with Crippen molar-refractivity contribution in [2.24, 2.45) is 0 Å². The number of methoxy groups -OCH3 is 1. The number of hydrogen-bond donors (Lipinski definition) is 0. The molecule has 0 aromatic heterocycles. The van der Waals surface area contributed by atoms with Gasteiger partial charge in [0.15, 0.2) is 5.78 Å². The van der Waals surface area contributed by atoms with E-state index in [0.717, 1.165) is 19.4 Å². The Bertz CT molecular complexity index is 363. The monoisotopic (exact) mass is 235 g/mol.